The average molecular weight is 376 g/mol. The molecule has 114 valence electrons. The van der Waals surface area contributed by atoms with Gasteiger partial charge in [-0.15, -0.1) is 0 Å². The lowest BCUT2D eigenvalue weighted by atomic mass is 10.2. The Labute approximate surface area is 136 Å². The van der Waals surface area contributed by atoms with Crippen LogP contribution >= 0.6 is 27.5 Å². The van der Waals surface area contributed by atoms with E-state index in [4.69, 9.17) is 16.7 Å². The molecule has 1 aromatic carbocycles. The standard InChI is InChI=1S/C14H16BrClN2O3/c15-13-10(16)6-3-7-11(13)17-14(21)18(8-12(19)20)9-4-1-2-5-9/h3,6-7,9H,1-2,4-5,8H2,(H,17,21)(H,19,20). The minimum absolute atomic E-state index is 0.0148. The molecule has 0 unspecified atom stereocenters. The number of hydrogen-bond donors (Lipinski definition) is 2. The Balaban J connectivity index is 2.14. The Bertz CT molecular complexity index is 547. The molecular weight excluding hydrogens is 360 g/mol. The third kappa shape index (κ3) is 4.11. The van der Waals surface area contributed by atoms with Crippen LogP contribution in [0.15, 0.2) is 22.7 Å². The second kappa shape index (κ2) is 7.13. The number of rotatable bonds is 4. The summed E-state index contributed by atoms with van der Waals surface area (Å²) in [6.07, 6.45) is 3.73. The van der Waals surface area contributed by atoms with Crippen molar-refractivity contribution in [3.8, 4) is 0 Å². The highest BCUT2D eigenvalue weighted by Crippen LogP contribution is 2.31. The molecule has 0 saturated heterocycles. The number of carboxylic acid groups (broad SMARTS) is 1. The fraction of sp³-hybridized carbons (Fsp3) is 0.429. The van der Waals surface area contributed by atoms with E-state index in [0.717, 1.165) is 25.7 Å². The number of aliphatic carboxylic acids is 1. The molecule has 1 aromatic rings. The van der Waals surface area contributed by atoms with E-state index in [-0.39, 0.29) is 12.6 Å². The highest BCUT2D eigenvalue weighted by atomic mass is 79.9. The van der Waals surface area contributed by atoms with E-state index in [1.165, 1.54) is 4.90 Å². The Morgan fingerprint density at radius 3 is 2.67 bits per heavy atom. The number of nitrogens with zero attached hydrogens (tertiary/aromatic N) is 1. The minimum atomic E-state index is -1.01. The summed E-state index contributed by atoms with van der Waals surface area (Å²) in [7, 11) is 0. The van der Waals surface area contributed by atoms with Gasteiger partial charge in [0.2, 0.25) is 0 Å². The van der Waals surface area contributed by atoms with E-state index in [2.05, 4.69) is 21.2 Å². The molecule has 0 aliphatic heterocycles. The van der Waals surface area contributed by atoms with Gasteiger partial charge in [0, 0.05) is 6.04 Å². The number of hydrogen-bond acceptors (Lipinski definition) is 2. The zero-order chi connectivity index (χ0) is 15.4. The maximum absolute atomic E-state index is 12.4. The number of carboxylic acids is 1. The van der Waals surface area contributed by atoms with Crippen LogP contribution < -0.4 is 5.32 Å². The molecule has 0 radical (unpaired) electrons. The molecule has 5 nitrogen and oxygen atoms in total. The molecular formula is C14H16BrClN2O3. The molecule has 2 N–H and O–H groups in total. The Hall–Kier alpha value is -1.27. The highest BCUT2D eigenvalue weighted by Gasteiger charge is 2.28. The number of carbonyl (C=O) groups is 2. The molecule has 21 heavy (non-hydrogen) atoms. The molecule has 0 bridgehead atoms. The van der Waals surface area contributed by atoms with Crippen LogP contribution in [0.2, 0.25) is 5.02 Å². The first-order chi connectivity index (χ1) is 9.99. The average Bonchev–Trinajstić information content (AvgIpc) is 2.94. The molecule has 0 spiro atoms. The molecule has 1 fully saturated rings. The van der Waals surface area contributed by atoms with Crippen molar-refractivity contribution in [1.29, 1.82) is 0 Å². The first kappa shape index (κ1) is 16.1. The lowest BCUT2D eigenvalue weighted by molar-refractivity contribution is -0.138. The zero-order valence-electron chi connectivity index (χ0n) is 11.3. The third-order valence-electron chi connectivity index (χ3n) is 3.53. The summed E-state index contributed by atoms with van der Waals surface area (Å²) in [6, 6.07) is 4.71. The summed E-state index contributed by atoms with van der Waals surface area (Å²) < 4.78 is 0.585. The van der Waals surface area contributed by atoms with Gasteiger partial charge in [0.25, 0.3) is 0 Å². The van der Waals surface area contributed by atoms with Gasteiger partial charge in [-0.05, 0) is 40.9 Å². The first-order valence-corrected chi connectivity index (χ1v) is 7.89. The molecule has 7 heteroatoms. The third-order valence-corrected chi connectivity index (χ3v) is 4.92. The maximum Gasteiger partial charge on any atom is 0.323 e. The molecule has 1 aliphatic carbocycles. The van der Waals surface area contributed by atoms with Gasteiger partial charge in [0.05, 0.1) is 15.2 Å². The van der Waals surface area contributed by atoms with Crippen LogP contribution in [0.4, 0.5) is 10.5 Å². The van der Waals surface area contributed by atoms with Crippen LogP contribution in [0.1, 0.15) is 25.7 Å². The summed E-state index contributed by atoms with van der Waals surface area (Å²) >= 11 is 9.29. The van der Waals surface area contributed by atoms with Gasteiger partial charge in [-0.3, -0.25) is 4.79 Å². The van der Waals surface area contributed by atoms with E-state index >= 15 is 0 Å². The van der Waals surface area contributed by atoms with Crippen molar-refractivity contribution in [1.82, 2.24) is 4.90 Å². The quantitative estimate of drug-likeness (QED) is 0.837. The molecule has 2 rings (SSSR count). The van der Waals surface area contributed by atoms with Crippen LogP contribution in [-0.4, -0.2) is 34.6 Å². The number of urea groups is 1. The van der Waals surface area contributed by atoms with Crippen molar-refractivity contribution in [3.63, 3.8) is 0 Å². The Kier molecular flexibility index (Phi) is 5.47. The van der Waals surface area contributed by atoms with Crippen LogP contribution in [0.25, 0.3) is 0 Å². The van der Waals surface area contributed by atoms with Gasteiger partial charge in [0.15, 0.2) is 0 Å². The van der Waals surface area contributed by atoms with Crippen molar-refractivity contribution >= 4 is 45.2 Å². The molecule has 1 saturated carbocycles. The molecule has 0 heterocycles. The van der Waals surface area contributed by atoms with Crippen molar-refractivity contribution in [2.24, 2.45) is 0 Å². The number of carbonyl (C=O) groups excluding carboxylic acids is 1. The topological polar surface area (TPSA) is 69.6 Å². The number of benzene rings is 1. The first-order valence-electron chi connectivity index (χ1n) is 6.72. The van der Waals surface area contributed by atoms with Gasteiger partial charge < -0.3 is 15.3 Å². The SMILES string of the molecule is O=C(O)CN(C(=O)Nc1cccc(Cl)c1Br)C1CCCC1. The Morgan fingerprint density at radius 1 is 1.38 bits per heavy atom. The van der Waals surface area contributed by atoms with E-state index in [0.29, 0.717) is 15.2 Å². The number of halogens is 2. The van der Waals surface area contributed by atoms with Gasteiger partial charge in [-0.2, -0.15) is 0 Å². The van der Waals surface area contributed by atoms with Crippen LogP contribution in [0.5, 0.6) is 0 Å². The predicted molar refractivity (Wildman–Crippen MR) is 84.8 cm³/mol. The molecule has 1 aliphatic rings. The molecule has 2 amide bonds. The van der Waals surface area contributed by atoms with Gasteiger partial charge >= 0.3 is 12.0 Å². The summed E-state index contributed by atoms with van der Waals surface area (Å²) in [5.41, 5.74) is 0.529. The molecule has 0 atom stereocenters. The molecule has 0 aromatic heterocycles. The van der Waals surface area contributed by atoms with Crippen LogP contribution in [-0.2, 0) is 4.79 Å². The van der Waals surface area contributed by atoms with Gasteiger partial charge in [-0.1, -0.05) is 30.5 Å². The predicted octanol–water partition coefficient (Wildman–Crippen LogP) is 3.96. The number of anilines is 1. The van der Waals surface area contributed by atoms with E-state index in [1.807, 2.05) is 0 Å². The summed E-state index contributed by atoms with van der Waals surface area (Å²) in [6.45, 7) is -0.297. The van der Waals surface area contributed by atoms with Crippen molar-refractivity contribution < 1.29 is 14.7 Å². The van der Waals surface area contributed by atoms with E-state index in [9.17, 15) is 9.59 Å². The van der Waals surface area contributed by atoms with Crippen LogP contribution in [0, 0.1) is 0 Å². The van der Waals surface area contributed by atoms with E-state index in [1.54, 1.807) is 18.2 Å². The van der Waals surface area contributed by atoms with Gasteiger partial charge in [-0.25, -0.2) is 4.79 Å². The summed E-state index contributed by atoms with van der Waals surface area (Å²) in [5.74, 6) is -1.01. The van der Waals surface area contributed by atoms with Crippen LogP contribution in [0.3, 0.4) is 0 Å². The smallest absolute Gasteiger partial charge is 0.323 e. The van der Waals surface area contributed by atoms with Gasteiger partial charge in [0.1, 0.15) is 6.54 Å². The van der Waals surface area contributed by atoms with E-state index < -0.39 is 12.0 Å². The fourth-order valence-corrected chi connectivity index (χ4v) is 3.05. The second-order valence-electron chi connectivity index (χ2n) is 4.99. The number of amides is 2. The fourth-order valence-electron chi connectivity index (χ4n) is 2.52. The summed E-state index contributed by atoms with van der Waals surface area (Å²) in [4.78, 5) is 24.8. The van der Waals surface area contributed by atoms with Crippen molar-refractivity contribution in [2.75, 3.05) is 11.9 Å². The lowest BCUT2D eigenvalue weighted by Crippen LogP contribution is -2.44. The minimum Gasteiger partial charge on any atom is -0.480 e. The zero-order valence-corrected chi connectivity index (χ0v) is 13.7. The Morgan fingerprint density at radius 2 is 2.05 bits per heavy atom. The normalized spacial score (nSPS) is 15.0. The largest absolute Gasteiger partial charge is 0.480 e. The van der Waals surface area contributed by atoms with Crippen molar-refractivity contribution in [3.05, 3.63) is 27.7 Å². The van der Waals surface area contributed by atoms with Crippen molar-refractivity contribution in [2.45, 2.75) is 31.7 Å². The lowest BCUT2D eigenvalue weighted by Gasteiger charge is -2.27. The second-order valence-corrected chi connectivity index (χ2v) is 6.19. The number of nitrogens with one attached hydrogen (secondary N) is 1. The summed E-state index contributed by atoms with van der Waals surface area (Å²) in [5, 5.41) is 12.2. The maximum atomic E-state index is 12.4. The monoisotopic (exact) mass is 374 g/mol. The highest BCUT2D eigenvalue weighted by molar-refractivity contribution is 9.10.